The Morgan fingerprint density at radius 1 is 1.35 bits per heavy atom. The van der Waals surface area contributed by atoms with E-state index in [1.54, 1.807) is 0 Å². The third kappa shape index (κ3) is 3.11. The lowest BCUT2D eigenvalue weighted by Gasteiger charge is -2.16. The number of likely N-dealkylation sites (N-methyl/N-ethyl adjacent to an activating group) is 1. The molecule has 3 rings (SSSR count). The van der Waals surface area contributed by atoms with Crippen molar-refractivity contribution in [1.29, 1.82) is 0 Å². The minimum atomic E-state index is 0.769. The first-order valence-electron chi connectivity index (χ1n) is 7.19. The second kappa shape index (κ2) is 6.08. The van der Waals surface area contributed by atoms with E-state index >= 15 is 0 Å². The van der Waals surface area contributed by atoms with Crippen molar-refractivity contribution in [2.24, 2.45) is 0 Å². The number of nitrogens with one attached hydrogen (secondary N) is 1. The first-order chi connectivity index (χ1) is 9.75. The maximum atomic E-state index is 6.21. The number of nitrogens with zero attached hydrogens (tertiary/aromatic N) is 2. The Morgan fingerprint density at radius 2 is 2.20 bits per heavy atom. The number of hydrogen-bond acceptors (Lipinski definition) is 3. The minimum absolute atomic E-state index is 0.769. The molecule has 0 radical (unpaired) electrons. The maximum Gasteiger partial charge on any atom is 0.0761 e. The molecule has 1 heterocycles. The Kier molecular flexibility index (Phi) is 4.20. The first-order valence-corrected chi connectivity index (χ1v) is 7.56. The van der Waals surface area contributed by atoms with Gasteiger partial charge in [0.15, 0.2) is 0 Å². The summed E-state index contributed by atoms with van der Waals surface area (Å²) in [5.74, 6) is 0. The molecule has 106 valence electrons. The van der Waals surface area contributed by atoms with Gasteiger partial charge in [0.1, 0.15) is 0 Å². The number of rotatable bonds is 6. The third-order valence-electron chi connectivity index (χ3n) is 3.93. The number of pyridine rings is 1. The van der Waals surface area contributed by atoms with Crippen LogP contribution in [0.4, 0.5) is 0 Å². The fraction of sp³-hybridized carbons (Fsp3) is 0.438. The number of fused-ring (bicyclic) bond motifs is 1. The van der Waals surface area contributed by atoms with Gasteiger partial charge in [0, 0.05) is 42.3 Å². The lowest BCUT2D eigenvalue weighted by Crippen LogP contribution is -2.30. The molecule has 0 spiro atoms. The van der Waals surface area contributed by atoms with Gasteiger partial charge in [-0.3, -0.25) is 4.98 Å². The fourth-order valence-corrected chi connectivity index (χ4v) is 2.73. The highest BCUT2D eigenvalue weighted by Crippen LogP contribution is 2.25. The molecule has 20 heavy (non-hydrogen) atoms. The van der Waals surface area contributed by atoms with Gasteiger partial charge in [-0.25, -0.2) is 0 Å². The molecule has 1 N–H and O–H groups in total. The van der Waals surface area contributed by atoms with Crippen molar-refractivity contribution in [3.63, 3.8) is 0 Å². The van der Waals surface area contributed by atoms with Crippen molar-refractivity contribution in [2.75, 3.05) is 20.1 Å². The molecule has 2 aromatic rings. The number of benzene rings is 1. The van der Waals surface area contributed by atoms with Crippen molar-refractivity contribution in [2.45, 2.75) is 25.4 Å². The van der Waals surface area contributed by atoms with Crippen molar-refractivity contribution >= 4 is 22.5 Å². The third-order valence-corrected chi connectivity index (χ3v) is 4.26. The Morgan fingerprint density at radius 3 is 3.00 bits per heavy atom. The van der Waals surface area contributed by atoms with E-state index in [4.69, 9.17) is 11.6 Å². The van der Waals surface area contributed by atoms with Crippen LogP contribution in [0.5, 0.6) is 0 Å². The van der Waals surface area contributed by atoms with Crippen LogP contribution in [-0.4, -0.2) is 36.1 Å². The molecule has 1 fully saturated rings. The fourth-order valence-electron chi connectivity index (χ4n) is 2.52. The SMILES string of the molecule is CN(CCNCc1ccc(Cl)c2cccnc12)C1CC1. The molecule has 0 bridgehead atoms. The molecule has 0 amide bonds. The molecule has 4 heteroatoms. The standard InChI is InChI=1S/C16H20ClN3/c1-20(13-5-6-13)10-9-18-11-12-4-7-15(17)14-3-2-8-19-16(12)14/h2-4,7-8,13,18H,5-6,9-11H2,1H3. The van der Waals surface area contributed by atoms with Crippen LogP contribution in [0.15, 0.2) is 30.5 Å². The van der Waals surface area contributed by atoms with Crippen molar-refractivity contribution in [3.05, 3.63) is 41.0 Å². The summed E-state index contributed by atoms with van der Waals surface area (Å²) in [4.78, 5) is 6.89. The first kappa shape index (κ1) is 13.8. The Balaban J connectivity index is 1.61. The van der Waals surface area contributed by atoms with Gasteiger partial charge < -0.3 is 10.2 Å². The Bertz CT molecular complexity index is 595. The molecule has 3 nitrogen and oxygen atoms in total. The molecular formula is C16H20ClN3. The van der Waals surface area contributed by atoms with E-state index in [1.165, 1.54) is 18.4 Å². The molecule has 1 aliphatic rings. The lowest BCUT2D eigenvalue weighted by molar-refractivity contribution is 0.321. The Labute approximate surface area is 124 Å². The lowest BCUT2D eigenvalue weighted by atomic mass is 10.1. The minimum Gasteiger partial charge on any atom is -0.311 e. The second-order valence-electron chi connectivity index (χ2n) is 5.49. The summed E-state index contributed by atoms with van der Waals surface area (Å²) in [5, 5.41) is 5.30. The van der Waals surface area contributed by atoms with Gasteiger partial charge in [-0.15, -0.1) is 0 Å². The van der Waals surface area contributed by atoms with E-state index in [9.17, 15) is 0 Å². The summed E-state index contributed by atoms with van der Waals surface area (Å²) >= 11 is 6.21. The summed E-state index contributed by atoms with van der Waals surface area (Å²) in [6.45, 7) is 2.94. The molecule has 0 saturated heterocycles. The van der Waals surface area contributed by atoms with Gasteiger partial charge in [-0.05, 0) is 43.7 Å². The Hall–Kier alpha value is -1.16. The van der Waals surface area contributed by atoms with E-state index in [0.29, 0.717) is 0 Å². The molecule has 1 aliphatic carbocycles. The van der Waals surface area contributed by atoms with E-state index in [2.05, 4.69) is 28.3 Å². The normalized spacial score (nSPS) is 15.2. The zero-order valence-corrected chi connectivity index (χ0v) is 12.5. The van der Waals surface area contributed by atoms with Crippen LogP contribution in [0.2, 0.25) is 5.02 Å². The highest BCUT2D eigenvalue weighted by atomic mass is 35.5. The second-order valence-corrected chi connectivity index (χ2v) is 5.90. The van der Waals surface area contributed by atoms with Crippen LogP contribution in [0.25, 0.3) is 10.9 Å². The topological polar surface area (TPSA) is 28.2 Å². The number of hydrogen-bond donors (Lipinski definition) is 1. The van der Waals surface area contributed by atoms with Crippen LogP contribution in [0.1, 0.15) is 18.4 Å². The number of halogens is 1. The van der Waals surface area contributed by atoms with Crippen LogP contribution < -0.4 is 5.32 Å². The van der Waals surface area contributed by atoms with Gasteiger partial charge in [0.2, 0.25) is 0 Å². The zero-order chi connectivity index (χ0) is 13.9. The summed E-state index contributed by atoms with van der Waals surface area (Å²) in [7, 11) is 2.21. The number of aromatic nitrogens is 1. The summed E-state index contributed by atoms with van der Waals surface area (Å²) in [6, 6.07) is 8.80. The summed E-state index contributed by atoms with van der Waals surface area (Å²) in [5.41, 5.74) is 2.21. The maximum absolute atomic E-state index is 6.21. The van der Waals surface area contributed by atoms with Crippen molar-refractivity contribution in [3.8, 4) is 0 Å². The highest BCUT2D eigenvalue weighted by molar-refractivity contribution is 6.35. The molecule has 0 aliphatic heterocycles. The van der Waals surface area contributed by atoms with Gasteiger partial charge >= 0.3 is 0 Å². The van der Waals surface area contributed by atoms with Crippen molar-refractivity contribution < 1.29 is 0 Å². The molecule has 0 atom stereocenters. The largest absolute Gasteiger partial charge is 0.311 e. The predicted molar refractivity (Wildman–Crippen MR) is 84.1 cm³/mol. The molecule has 1 saturated carbocycles. The molecule has 1 aromatic heterocycles. The molecule has 0 unspecified atom stereocenters. The average Bonchev–Trinajstić information content (AvgIpc) is 3.30. The van der Waals surface area contributed by atoms with Gasteiger partial charge in [0.05, 0.1) is 5.52 Å². The average molecular weight is 290 g/mol. The predicted octanol–water partition coefficient (Wildman–Crippen LogP) is 3.07. The molecular weight excluding hydrogens is 270 g/mol. The highest BCUT2D eigenvalue weighted by Gasteiger charge is 2.25. The van der Waals surface area contributed by atoms with Crippen molar-refractivity contribution in [1.82, 2.24) is 15.2 Å². The van der Waals surface area contributed by atoms with Crippen LogP contribution >= 0.6 is 11.6 Å². The van der Waals surface area contributed by atoms with Crippen LogP contribution in [-0.2, 0) is 6.54 Å². The van der Waals surface area contributed by atoms with E-state index < -0.39 is 0 Å². The van der Waals surface area contributed by atoms with E-state index in [0.717, 1.165) is 41.6 Å². The van der Waals surface area contributed by atoms with Crippen LogP contribution in [0, 0.1) is 0 Å². The smallest absolute Gasteiger partial charge is 0.0761 e. The van der Waals surface area contributed by atoms with Crippen LogP contribution in [0.3, 0.4) is 0 Å². The molecule has 1 aromatic carbocycles. The zero-order valence-electron chi connectivity index (χ0n) is 11.8. The van der Waals surface area contributed by atoms with E-state index in [1.807, 2.05) is 24.4 Å². The monoisotopic (exact) mass is 289 g/mol. The van der Waals surface area contributed by atoms with Gasteiger partial charge in [-0.2, -0.15) is 0 Å². The van der Waals surface area contributed by atoms with E-state index in [-0.39, 0.29) is 0 Å². The summed E-state index contributed by atoms with van der Waals surface area (Å²) < 4.78 is 0. The summed E-state index contributed by atoms with van der Waals surface area (Å²) in [6.07, 6.45) is 4.55. The quantitative estimate of drug-likeness (QED) is 0.829. The van der Waals surface area contributed by atoms with Gasteiger partial charge in [-0.1, -0.05) is 17.7 Å². The van der Waals surface area contributed by atoms with Gasteiger partial charge in [0.25, 0.3) is 0 Å².